The van der Waals surface area contributed by atoms with Crippen molar-refractivity contribution in [1.29, 1.82) is 0 Å². The maximum absolute atomic E-state index is 8.50. The number of benzene rings is 1. The van der Waals surface area contributed by atoms with Gasteiger partial charge in [0.15, 0.2) is 0 Å². The smallest absolute Gasteiger partial charge is 0.0847 e. The molecule has 60 valence electrons. The molecule has 0 saturated carbocycles. The molecule has 0 aliphatic rings. The molecule has 0 radical (unpaired) electrons. The summed E-state index contributed by atoms with van der Waals surface area (Å²) >= 11 is 11.2. The van der Waals surface area contributed by atoms with Crippen molar-refractivity contribution in [1.82, 2.24) is 0 Å². The number of hydrogen-bond donors (Lipinski definition) is 3. The molecule has 1 aromatic carbocycles. The summed E-state index contributed by atoms with van der Waals surface area (Å²) in [4.78, 5) is 0. The van der Waals surface area contributed by atoms with Crippen LogP contribution in [0, 0.1) is 0 Å². The van der Waals surface area contributed by atoms with Gasteiger partial charge >= 0.3 is 0 Å². The fraction of sp³-hybridized carbons (Fsp3) is 0. The Hall–Kier alpha value is -0.640. The molecule has 11 heavy (non-hydrogen) atoms. The van der Waals surface area contributed by atoms with Gasteiger partial charge in [0.2, 0.25) is 0 Å². The van der Waals surface area contributed by atoms with Crippen molar-refractivity contribution in [2.75, 3.05) is 11.2 Å². The van der Waals surface area contributed by atoms with Gasteiger partial charge in [-0.3, -0.25) is 10.7 Å². The lowest BCUT2D eigenvalue weighted by Crippen LogP contribution is -1.95. The summed E-state index contributed by atoms with van der Waals surface area (Å²) in [6.07, 6.45) is 0. The standard InChI is InChI=1S/C6H6Cl2N2O/c7-3-1-5(9)6(10-11)2-4(3)8/h1-2,10-11H,9H2. The van der Waals surface area contributed by atoms with Gasteiger partial charge in [0.05, 0.1) is 21.4 Å². The van der Waals surface area contributed by atoms with E-state index in [4.69, 9.17) is 34.1 Å². The van der Waals surface area contributed by atoms with Crippen LogP contribution in [0.2, 0.25) is 10.0 Å². The first-order chi connectivity index (χ1) is 5.15. The molecule has 0 saturated heterocycles. The minimum atomic E-state index is 0.345. The summed E-state index contributed by atoms with van der Waals surface area (Å²) in [5.41, 5.74) is 8.03. The van der Waals surface area contributed by atoms with Crippen molar-refractivity contribution in [2.24, 2.45) is 0 Å². The zero-order chi connectivity index (χ0) is 8.43. The first-order valence-corrected chi connectivity index (χ1v) is 3.55. The molecule has 1 aromatic rings. The molecule has 1 rings (SSSR count). The van der Waals surface area contributed by atoms with E-state index >= 15 is 0 Å². The lowest BCUT2D eigenvalue weighted by molar-refractivity contribution is 0.389. The summed E-state index contributed by atoms with van der Waals surface area (Å²) < 4.78 is 0. The molecule has 0 bridgehead atoms. The van der Waals surface area contributed by atoms with E-state index in [0.717, 1.165) is 0 Å². The number of anilines is 2. The summed E-state index contributed by atoms with van der Waals surface area (Å²) in [6.45, 7) is 0. The molecule has 3 nitrogen and oxygen atoms in total. The van der Waals surface area contributed by atoms with E-state index in [9.17, 15) is 0 Å². The van der Waals surface area contributed by atoms with Crippen molar-refractivity contribution in [2.45, 2.75) is 0 Å². The van der Waals surface area contributed by atoms with E-state index < -0.39 is 0 Å². The van der Waals surface area contributed by atoms with Crippen LogP contribution in [0.25, 0.3) is 0 Å². The second-order valence-corrected chi connectivity index (χ2v) is 2.78. The summed E-state index contributed by atoms with van der Waals surface area (Å²) in [5.74, 6) is 0. The van der Waals surface area contributed by atoms with Crippen molar-refractivity contribution in [3.63, 3.8) is 0 Å². The van der Waals surface area contributed by atoms with Gasteiger partial charge in [-0.15, -0.1) is 0 Å². The van der Waals surface area contributed by atoms with Crippen molar-refractivity contribution < 1.29 is 5.21 Å². The molecule has 0 heterocycles. The van der Waals surface area contributed by atoms with Crippen molar-refractivity contribution in [3.8, 4) is 0 Å². The summed E-state index contributed by atoms with van der Waals surface area (Å²) in [5, 5.41) is 9.21. The van der Waals surface area contributed by atoms with Crippen LogP contribution in [-0.4, -0.2) is 5.21 Å². The van der Waals surface area contributed by atoms with Gasteiger partial charge in [-0.1, -0.05) is 23.2 Å². The second kappa shape index (κ2) is 3.17. The Bertz CT molecular complexity index is 278. The van der Waals surface area contributed by atoms with Crippen LogP contribution in [0.5, 0.6) is 0 Å². The third-order valence-electron chi connectivity index (χ3n) is 1.21. The Morgan fingerprint density at radius 2 is 1.82 bits per heavy atom. The topological polar surface area (TPSA) is 58.3 Å². The van der Waals surface area contributed by atoms with Gasteiger partial charge in [-0.25, -0.2) is 0 Å². The highest BCUT2D eigenvalue weighted by atomic mass is 35.5. The van der Waals surface area contributed by atoms with Gasteiger partial charge < -0.3 is 5.73 Å². The summed E-state index contributed by atoms with van der Waals surface area (Å²) in [6, 6.07) is 2.90. The van der Waals surface area contributed by atoms with Gasteiger partial charge in [-0.05, 0) is 12.1 Å². The van der Waals surface area contributed by atoms with Crippen LogP contribution >= 0.6 is 23.2 Å². The molecule has 0 fully saturated rings. The Morgan fingerprint density at radius 3 is 2.36 bits per heavy atom. The molecule has 4 N–H and O–H groups in total. The predicted molar refractivity (Wildman–Crippen MR) is 46.3 cm³/mol. The highest BCUT2D eigenvalue weighted by Gasteiger charge is 2.02. The monoisotopic (exact) mass is 192 g/mol. The fourth-order valence-corrected chi connectivity index (χ4v) is 0.995. The lowest BCUT2D eigenvalue weighted by atomic mass is 10.3. The Morgan fingerprint density at radius 1 is 1.27 bits per heavy atom. The average Bonchev–Trinajstić information content (AvgIpc) is 1.97. The first kappa shape index (κ1) is 8.46. The predicted octanol–water partition coefficient (Wildman–Crippen LogP) is 2.38. The van der Waals surface area contributed by atoms with Crippen molar-refractivity contribution >= 4 is 34.6 Å². The van der Waals surface area contributed by atoms with E-state index in [2.05, 4.69) is 0 Å². The molecular weight excluding hydrogens is 187 g/mol. The fourth-order valence-electron chi connectivity index (χ4n) is 0.659. The zero-order valence-electron chi connectivity index (χ0n) is 5.44. The third-order valence-corrected chi connectivity index (χ3v) is 1.94. The van der Waals surface area contributed by atoms with Crippen LogP contribution in [0.3, 0.4) is 0 Å². The molecule has 0 spiro atoms. The van der Waals surface area contributed by atoms with Crippen LogP contribution in [0.1, 0.15) is 0 Å². The highest BCUT2D eigenvalue weighted by Crippen LogP contribution is 2.29. The molecule has 0 aliphatic carbocycles. The minimum Gasteiger partial charge on any atom is -0.397 e. The number of hydrogen-bond acceptors (Lipinski definition) is 3. The zero-order valence-corrected chi connectivity index (χ0v) is 6.95. The third kappa shape index (κ3) is 1.68. The Balaban J connectivity index is 3.21. The van der Waals surface area contributed by atoms with Crippen molar-refractivity contribution in [3.05, 3.63) is 22.2 Å². The summed E-state index contributed by atoms with van der Waals surface area (Å²) in [7, 11) is 0. The highest BCUT2D eigenvalue weighted by molar-refractivity contribution is 6.42. The molecule has 0 aromatic heterocycles. The van der Waals surface area contributed by atoms with E-state index in [1.807, 2.05) is 5.48 Å². The molecule has 0 atom stereocenters. The molecule has 0 aliphatic heterocycles. The average molecular weight is 193 g/mol. The van der Waals surface area contributed by atoms with E-state index in [0.29, 0.717) is 21.4 Å². The van der Waals surface area contributed by atoms with Crippen LogP contribution < -0.4 is 11.2 Å². The number of halogens is 2. The first-order valence-electron chi connectivity index (χ1n) is 2.79. The number of rotatable bonds is 1. The van der Waals surface area contributed by atoms with Gasteiger partial charge in [0.1, 0.15) is 0 Å². The van der Waals surface area contributed by atoms with Gasteiger partial charge in [0, 0.05) is 0 Å². The Kier molecular flexibility index (Phi) is 2.44. The molecule has 5 heteroatoms. The van der Waals surface area contributed by atoms with E-state index in [1.165, 1.54) is 12.1 Å². The molecule has 0 amide bonds. The molecule has 0 unspecified atom stereocenters. The molecular formula is C6H6Cl2N2O. The second-order valence-electron chi connectivity index (χ2n) is 1.97. The number of nitrogen functional groups attached to an aromatic ring is 1. The van der Waals surface area contributed by atoms with Crippen LogP contribution in [-0.2, 0) is 0 Å². The van der Waals surface area contributed by atoms with E-state index in [-0.39, 0.29) is 0 Å². The quantitative estimate of drug-likeness (QED) is 0.474. The van der Waals surface area contributed by atoms with Gasteiger partial charge in [0.25, 0.3) is 0 Å². The minimum absolute atomic E-state index is 0.345. The van der Waals surface area contributed by atoms with Gasteiger partial charge in [-0.2, -0.15) is 0 Å². The lowest BCUT2D eigenvalue weighted by Gasteiger charge is -2.04. The maximum Gasteiger partial charge on any atom is 0.0847 e. The largest absolute Gasteiger partial charge is 0.397 e. The van der Waals surface area contributed by atoms with Crippen LogP contribution in [0.4, 0.5) is 11.4 Å². The normalized spacial score (nSPS) is 9.73. The Labute approximate surface area is 73.7 Å². The van der Waals surface area contributed by atoms with Crippen LogP contribution in [0.15, 0.2) is 12.1 Å². The SMILES string of the molecule is Nc1cc(Cl)c(Cl)cc1NO. The van der Waals surface area contributed by atoms with E-state index in [1.54, 1.807) is 0 Å². The number of nitrogens with two attached hydrogens (primary N) is 1. The number of nitrogens with one attached hydrogen (secondary N) is 1. The maximum atomic E-state index is 8.50.